The molecule has 1 amide bonds. The van der Waals surface area contributed by atoms with Crippen LogP contribution < -0.4 is 10.1 Å². The molecule has 5 heteroatoms. The van der Waals surface area contributed by atoms with Gasteiger partial charge >= 0.3 is 0 Å². The second-order valence-corrected chi connectivity index (χ2v) is 5.34. The summed E-state index contributed by atoms with van der Waals surface area (Å²) >= 11 is 6.16. The maximum absolute atomic E-state index is 12.1. The molecule has 1 aliphatic carbocycles. The number of nitrogens with zero attached hydrogens (tertiary/aromatic N) is 1. The summed E-state index contributed by atoms with van der Waals surface area (Å²) in [5.74, 6) is 0.896. The smallest absolute Gasteiger partial charge is 0.236 e. The number of rotatable bonds is 7. The third-order valence-corrected chi connectivity index (χ3v) is 3.88. The van der Waals surface area contributed by atoms with Crippen molar-refractivity contribution in [1.29, 1.82) is 0 Å². The average molecular weight is 297 g/mol. The summed E-state index contributed by atoms with van der Waals surface area (Å²) in [6.45, 7) is 3.66. The van der Waals surface area contributed by atoms with Crippen LogP contribution >= 0.6 is 11.6 Å². The number of amides is 1. The summed E-state index contributed by atoms with van der Waals surface area (Å²) in [6.07, 6.45) is 2.27. The molecule has 0 aromatic heterocycles. The lowest BCUT2D eigenvalue weighted by molar-refractivity contribution is -0.130. The minimum atomic E-state index is 0.154. The maximum atomic E-state index is 12.1. The number of halogens is 1. The Morgan fingerprint density at radius 2 is 2.25 bits per heavy atom. The first-order valence-electron chi connectivity index (χ1n) is 6.99. The largest absolute Gasteiger partial charge is 0.496 e. The number of ether oxygens (including phenoxy) is 1. The van der Waals surface area contributed by atoms with E-state index in [4.69, 9.17) is 16.3 Å². The number of hydrogen-bond donors (Lipinski definition) is 1. The summed E-state index contributed by atoms with van der Waals surface area (Å²) in [5, 5.41) is 3.81. The molecule has 0 bridgehead atoms. The van der Waals surface area contributed by atoms with Crippen molar-refractivity contribution in [2.45, 2.75) is 32.4 Å². The van der Waals surface area contributed by atoms with Gasteiger partial charge in [0.25, 0.3) is 0 Å². The Hall–Kier alpha value is -1.26. The van der Waals surface area contributed by atoms with Gasteiger partial charge in [0.1, 0.15) is 5.75 Å². The Labute approximate surface area is 125 Å². The lowest BCUT2D eigenvalue weighted by Crippen LogP contribution is -2.39. The predicted molar refractivity (Wildman–Crippen MR) is 80.1 cm³/mol. The molecule has 4 nitrogen and oxygen atoms in total. The second-order valence-electron chi connectivity index (χ2n) is 4.94. The Kier molecular flexibility index (Phi) is 5.26. The lowest BCUT2D eigenvalue weighted by atomic mass is 10.2. The van der Waals surface area contributed by atoms with E-state index >= 15 is 0 Å². The van der Waals surface area contributed by atoms with Gasteiger partial charge < -0.3 is 15.0 Å². The molecule has 1 aromatic carbocycles. The fourth-order valence-corrected chi connectivity index (χ4v) is 2.55. The van der Waals surface area contributed by atoms with Crippen molar-refractivity contribution in [3.63, 3.8) is 0 Å². The molecule has 1 fully saturated rings. The highest BCUT2D eigenvalue weighted by atomic mass is 35.5. The van der Waals surface area contributed by atoms with Crippen molar-refractivity contribution in [2.75, 3.05) is 20.2 Å². The molecule has 2 rings (SSSR count). The molecule has 1 N–H and O–H groups in total. The molecule has 0 aliphatic heterocycles. The molecule has 20 heavy (non-hydrogen) atoms. The molecule has 0 atom stereocenters. The zero-order valence-corrected chi connectivity index (χ0v) is 12.7. The van der Waals surface area contributed by atoms with E-state index in [0.717, 1.165) is 30.7 Å². The van der Waals surface area contributed by atoms with Gasteiger partial charge in [-0.2, -0.15) is 0 Å². The van der Waals surface area contributed by atoms with Gasteiger partial charge in [-0.15, -0.1) is 0 Å². The van der Waals surface area contributed by atoms with Crippen LogP contribution in [0, 0.1) is 0 Å². The quantitative estimate of drug-likeness (QED) is 0.840. The van der Waals surface area contributed by atoms with Gasteiger partial charge in [-0.3, -0.25) is 4.79 Å². The van der Waals surface area contributed by atoms with E-state index in [9.17, 15) is 4.79 Å². The van der Waals surface area contributed by atoms with E-state index in [0.29, 0.717) is 24.2 Å². The number of carbonyl (C=O) groups excluding carboxylic acids is 1. The highest BCUT2D eigenvalue weighted by Crippen LogP contribution is 2.27. The Bertz CT molecular complexity index is 475. The van der Waals surface area contributed by atoms with Crippen molar-refractivity contribution in [1.82, 2.24) is 10.2 Å². The summed E-state index contributed by atoms with van der Waals surface area (Å²) in [4.78, 5) is 14.0. The van der Waals surface area contributed by atoms with Gasteiger partial charge in [-0.05, 0) is 31.9 Å². The molecular weight excluding hydrogens is 276 g/mol. The van der Waals surface area contributed by atoms with Crippen LogP contribution in [-0.2, 0) is 11.3 Å². The second kappa shape index (κ2) is 6.95. The molecule has 0 saturated heterocycles. The Morgan fingerprint density at radius 3 is 2.85 bits per heavy atom. The third-order valence-electron chi connectivity index (χ3n) is 3.52. The predicted octanol–water partition coefficient (Wildman–Crippen LogP) is 2.45. The highest BCUT2D eigenvalue weighted by Gasteiger charge is 2.30. The normalized spacial score (nSPS) is 14.2. The van der Waals surface area contributed by atoms with E-state index in [1.54, 1.807) is 7.11 Å². The Morgan fingerprint density at radius 1 is 1.50 bits per heavy atom. The van der Waals surface area contributed by atoms with Gasteiger partial charge in [0.05, 0.1) is 13.7 Å². The number of nitrogens with one attached hydrogen (secondary N) is 1. The molecular formula is C15H21ClN2O2. The SMILES string of the molecule is CCN(C(=O)CNCc1c(Cl)cccc1OC)C1CC1. The number of hydrogen-bond acceptors (Lipinski definition) is 3. The minimum absolute atomic E-state index is 0.154. The van der Waals surface area contributed by atoms with E-state index in [-0.39, 0.29) is 5.91 Å². The summed E-state index contributed by atoms with van der Waals surface area (Å²) < 4.78 is 5.28. The summed E-state index contributed by atoms with van der Waals surface area (Å²) in [6, 6.07) is 6.00. The summed E-state index contributed by atoms with van der Waals surface area (Å²) in [5.41, 5.74) is 0.888. The zero-order valence-electron chi connectivity index (χ0n) is 12.0. The van der Waals surface area contributed by atoms with Crippen molar-refractivity contribution in [3.05, 3.63) is 28.8 Å². The average Bonchev–Trinajstić information content (AvgIpc) is 3.26. The third kappa shape index (κ3) is 3.64. The topological polar surface area (TPSA) is 41.6 Å². The maximum Gasteiger partial charge on any atom is 0.236 e. The first-order valence-corrected chi connectivity index (χ1v) is 7.36. The van der Waals surface area contributed by atoms with Crippen LogP contribution in [0.2, 0.25) is 5.02 Å². The number of carbonyl (C=O) groups is 1. The van der Waals surface area contributed by atoms with Crippen molar-refractivity contribution in [2.24, 2.45) is 0 Å². The van der Waals surface area contributed by atoms with Crippen LogP contribution in [0.3, 0.4) is 0 Å². The van der Waals surface area contributed by atoms with Crippen LogP contribution in [-0.4, -0.2) is 37.0 Å². The standard InChI is InChI=1S/C15H21ClN2O2/c1-3-18(11-7-8-11)15(19)10-17-9-12-13(16)5-4-6-14(12)20-2/h4-6,11,17H,3,7-10H2,1-2H3. The van der Waals surface area contributed by atoms with E-state index in [1.807, 2.05) is 30.0 Å². The van der Waals surface area contributed by atoms with Crippen molar-refractivity contribution in [3.8, 4) is 5.75 Å². The minimum Gasteiger partial charge on any atom is -0.496 e. The molecule has 1 aromatic rings. The monoisotopic (exact) mass is 296 g/mol. The van der Waals surface area contributed by atoms with Gasteiger partial charge in [-0.25, -0.2) is 0 Å². The summed E-state index contributed by atoms with van der Waals surface area (Å²) in [7, 11) is 1.62. The fourth-order valence-electron chi connectivity index (χ4n) is 2.32. The van der Waals surface area contributed by atoms with Crippen LogP contribution in [0.4, 0.5) is 0 Å². The van der Waals surface area contributed by atoms with Crippen LogP contribution in [0.15, 0.2) is 18.2 Å². The number of likely N-dealkylation sites (N-methyl/N-ethyl adjacent to an activating group) is 1. The van der Waals surface area contributed by atoms with Crippen molar-refractivity contribution < 1.29 is 9.53 Å². The van der Waals surface area contributed by atoms with Crippen LogP contribution in [0.1, 0.15) is 25.3 Å². The van der Waals surface area contributed by atoms with E-state index in [2.05, 4.69) is 5.32 Å². The Balaban J connectivity index is 1.88. The van der Waals surface area contributed by atoms with Gasteiger partial charge in [-0.1, -0.05) is 17.7 Å². The zero-order chi connectivity index (χ0) is 14.5. The van der Waals surface area contributed by atoms with Gasteiger partial charge in [0.2, 0.25) is 5.91 Å². The van der Waals surface area contributed by atoms with Crippen LogP contribution in [0.5, 0.6) is 5.75 Å². The molecule has 110 valence electrons. The molecule has 0 spiro atoms. The number of benzene rings is 1. The molecule has 1 aliphatic rings. The fraction of sp³-hybridized carbons (Fsp3) is 0.533. The van der Waals surface area contributed by atoms with Gasteiger partial charge in [0, 0.05) is 29.7 Å². The lowest BCUT2D eigenvalue weighted by Gasteiger charge is -2.20. The molecule has 1 saturated carbocycles. The van der Waals surface area contributed by atoms with Crippen molar-refractivity contribution >= 4 is 17.5 Å². The van der Waals surface area contributed by atoms with E-state index in [1.165, 1.54) is 0 Å². The highest BCUT2D eigenvalue weighted by molar-refractivity contribution is 6.31. The van der Waals surface area contributed by atoms with Gasteiger partial charge in [0.15, 0.2) is 0 Å². The molecule has 0 radical (unpaired) electrons. The first kappa shape index (κ1) is 15.1. The number of methoxy groups -OCH3 is 1. The molecule has 0 unspecified atom stereocenters. The van der Waals surface area contributed by atoms with Crippen LogP contribution in [0.25, 0.3) is 0 Å². The molecule has 0 heterocycles. The van der Waals surface area contributed by atoms with E-state index < -0.39 is 0 Å². The first-order chi connectivity index (χ1) is 9.67.